The van der Waals surface area contributed by atoms with Crippen molar-refractivity contribution in [3.63, 3.8) is 0 Å². The number of rotatable bonds is 2. The van der Waals surface area contributed by atoms with Crippen molar-refractivity contribution in [3.05, 3.63) is 69.5 Å². The first-order valence-electron chi connectivity index (χ1n) is 6.01. The van der Waals surface area contributed by atoms with E-state index in [1.165, 1.54) is 0 Å². The number of aryl methyl sites for hydroxylation is 1. The second-order valence-corrected chi connectivity index (χ2v) is 5.07. The molecule has 112 valence electrons. The van der Waals surface area contributed by atoms with E-state index in [4.69, 9.17) is 11.6 Å². The van der Waals surface area contributed by atoms with E-state index >= 15 is 0 Å². The third kappa shape index (κ3) is 3.36. The molecule has 0 amide bonds. The Morgan fingerprint density at radius 3 is 2.29 bits per heavy atom. The van der Waals surface area contributed by atoms with Crippen molar-refractivity contribution < 1.29 is 22.7 Å². The number of halogens is 5. The fourth-order valence-electron chi connectivity index (χ4n) is 1.96. The monoisotopic (exact) mass is 318 g/mol. The van der Waals surface area contributed by atoms with Crippen LogP contribution in [-0.2, 0) is 6.18 Å². The lowest BCUT2D eigenvalue weighted by atomic mass is 9.99. The molecule has 0 spiro atoms. The molecular formula is C15H11ClF4O. The summed E-state index contributed by atoms with van der Waals surface area (Å²) in [5.41, 5.74) is -0.185. The molecule has 1 N–H and O–H groups in total. The van der Waals surface area contributed by atoms with Gasteiger partial charge in [-0.15, -0.1) is 0 Å². The summed E-state index contributed by atoms with van der Waals surface area (Å²) >= 11 is 5.98. The summed E-state index contributed by atoms with van der Waals surface area (Å²) in [5.74, 6) is -1.43. The van der Waals surface area contributed by atoms with Crippen molar-refractivity contribution in [2.24, 2.45) is 0 Å². The normalized spacial score (nSPS) is 13.3. The molecule has 0 aromatic heterocycles. The lowest BCUT2D eigenvalue weighted by molar-refractivity contribution is -0.140. The highest BCUT2D eigenvalue weighted by Crippen LogP contribution is 2.34. The zero-order chi connectivity index (χ0) is 15.8. The Morgan fingerprint density at radius 1 is 1.10 bits per heavy atom. The molecule has 2 aromatic carbocycles. The Kier molecular flexibility index (Phi) is 4.25. The van der Waals surface area contributed by atoms with E-state index in [0.717, 1.165) is 11.6 Å². The summed E-state index contributed by atoms with van der Waals surface area (Å²) < 4.78 is 51.0. The van der Waals surface area contributed by atoms with Gasteiger partial charge < -0.3 is 5.11 Å². The van der Waals surface area contributed by atoms with Gasteiger partial charge in [0.05, 0.1) is 5.56 Å². The number of hydrogen-bond donors (Lipinski definition) is 1. The van der Waals surface area contributed by atoms with E-state index < -0.39 is 23.7 Å². The fourth-order valence-corrected chi connectivity index (χ4v) is 2.30. The average Bonchev–Trinajstić information content (AvgIpc) is 2.36. The SMILES string of the molecule is Cc1ccc(C(O)c2ccc(C(F)(F)F)c(F)c2)c(Cl)c1. The quantitative estimate of drug-likeness (QED) is 0.782. The minimum absolute atomic E-state index is 0.00579. The third-order valence-corrected chi connectivity index (χ3v) is 3.39. The molecular weight excluding hydrogens is 308 g/mol. The number of hydrogen-bond acceptors (Lipinski definition) is 1. The Bertz CT molecular complexity index is 667. The molecule has 0 aliphatic rings. The summed E-state index contributed by atoms with van der Waals surface area (Å²) in [6, 6.07) is 7.18. The predicted octanol–water partition coefficient (Wildman–Crippen LogP) is 4.89. The van der Waals surface area contributed by atoms with Gasteiger partial charge >= 0.3 is 6.18 Å². The summed E-state index contributed by atoms with van der Waals surface area (Å²) in [5, 5.41) is 10.4. The first kappa shape index (κ1) is 15.8. The molecule has 0 saturated carbocycles. The van der Waals surface area contributed by atoms with Crippen LogP contribution in [0.1, 0.15) is 28.4 Å². The van der Waals surface area contributed by atoms with Gasteiger partial charge in [-0.05, 0) is 36.2 Å². The van der Waals surface area contributed by atoms with Gasteiger partial charge in [-0.25, -0.2) is 4.39 Å². The molecule has 0 aliphatic carbocycles. The summed E-state index contributed by atoms with van der Waals surface area (Å²) in [7, 11) is 0. The van der Waals surface area contributed by atoms with Crippen molar-refractivity contribution in [1.82, 2.24) is 0 Å². The first-order chi connectivity index (χ1) is 9.70. The second-order valence-electron chi connectivity index (χ2n) is 4.66. The van der Waals surface area contributed by atoms with Crippen molar-refractivity contribution in [3.8, 4) is 0 Å². The van der Waals surface area contributed by atoms with Crippen LogP contribution in [0.2, 0.25) is 5.02 Å². The Labute approximate surface area is 123 Å². The molecule has 6 heteroatoms. The second kappa shape index (κ2) is 5.66. The van der Waals surface area contributed by atoms with Gasteiger partial charge in [-0.1, -0.05) is 29.8 Å². The molecule has 0 heterocycles. The average molecular weight is 319 g/mol. The molecule has 0 bridgehead atoms. The van der Waals surface area contributed by atoms with Crippen LogP contribution in [0.3, 0.4) is 0 Å². The van der Waals surface area contributed by atoms with E-state index in [0.29, 0.717) is 17.7 Å². The Balaban J connectivity index is 2.40. The van der Waals surface area contributed by atoms with Gasteiger partial charge in [0.25, 0.3) is 0 Å². The van der Waals surface area contributed by atoms with E-state index in [9.17, 15) is 22.7 Å². The standard InChI is InChI=1S/C15H11ClF4O/c1-8-2-4-10(12(16)6-8)14(21)9-3-5-11(13(17)7-9)15(18,19)20/h2-7,14,21H,1H3. The summed E-state index contributed by atoms with van der Waals surface area (Å²) in [6.07, 6.45) is -6.07. The highest BCUT2D eigenvalue weighted by Gasteiger charge is 2.34. The highest BCUT2D eigenvalue weighted by molar-refractivity contribution is 6.31. The van der Waals surface area contributed by atoms with Crippen LogP contribution in [0.4, 0.5) is 17.6 Å². The Morgan fingerprint density at radius 2 is 1.76 bits per heavy atom. The third-order valence-electron chi connectivity index (χ3n) is 3.06. The van der Waals surface area contributed by atoms with E-state index in [-0.39, 0.29) is 10.6 Å². The summed E-state index contributed by atoms with van der Waals surface area (Å²) in [4.78, 5) is 0. The van der Waals surface area contributed by atoms with Gasteiger partial charge in [0.1, 0.15) is 11.9 Å². The van der Waals surface area contributed by atoms with Crippen LogP contribution in [0.5, 0.6) is 0 Å². The van der Waals surface area contributed by atoms with E-state index in [1.807, 2.05) is 0 Å². The predicted molar refractivity (Wildman–Crippen MR) is 71.7 cm³/mol. The molecule has 21 heavy (non-hydrogen) atoms. The largest absolute Gasteiger partial charge is 0.419 e. The maximum absolute atomic E-state index is 13.5. The van der Waals surface area contributed by atoms with Crippen molar-refractivity contribution in [1.29, 1.82) is 0 Å². The molecule has 0 radical (unpaired) electrons. The van der Waals surface area contributed by atoms with Crippen LogP contribution < -0.4 is 0 Å². The number of aliphatic hydroxyl groups excluding tert-OH is 1. The highest BCUT2D eigenvalue weighted by atomic mass is 35.5. The Hall–Kier alpha value is -1.59. The maximum atomic E-state index is 13.5. The maximum Gasteiger partial charge on any atom is 0.419 e. The zero-order valence-electron chi connectivity index (χ0n) is 10.9. The van der Waals surface area contributed by atoms with Crippen molar-refractivity contribution >= 4 is 11.6 Å². The van der Waals surface area contributed by atoms with Gasteiger partial charge in [0.2, 0.25) is 0 Å². The van der Waals surface area contributed by atoms with Crippen LogP contribution in [0.15, 0.2) is 36.4 Å². The molecule has 0 aliphatic heterocycles. The van der Waals surface area contributed by atoms with Crippen LogP contribution in [-0.4, -0.2) is 5.11 Å². The minimum atomic E-state index is -4.77. The van der Waals surface area contributed by atoms with Gasteiger partial charge in [-0.3, -0.25) is 0 Å². The lowest BCUT2D eigenvalue weighted by Crippen LogP contribution is -2.09. The molecule has 0 saturated heterocycles. The van der Waals surface area contributed by atoms with Crippen molar-refractivity contribution in [2.75, 3.05) is 0 Å². The topological polar surface area (TPSA) is 20.2 Å². The number of benzene rings is 2. The number of aliphatic hydroxyl groups is 1. The van der Waals surface area contributed by atoms with Crippen LogP contribution in [0, 0.1) is 12.7 Å². The zero-order valence-corrected chi connectivity index (χ0v) is 11.6. The summed E-state index contributed by atoms with van der Waals surface area (Å²) in [6.45, 7) is 1.81. The molecule has 1 nitrogen and oxygen atoms in total. The molecule has 2 rings (SSSR count). The minimum Gasteiger partial charge on any atom is -0.384 e. The number of alkyl halides is 3. The molecule has 1 unspecified atom stereocenters. The van der Waals surface area contributed by atoms with Crippen LogP contribution in [0.25, 0.3) is 0 Å². The lowest BCUT2D eigenvalue weighted by Gasteiger charge is -2.15. The molecule has 1 atom stereocenters. The smallest absolute Gasteiger partial charge is 0.384 e. The van der Waals surface area contributed by atoms with Gasteiger partial charge in [0.15, 0.2) is 0 Å². The fraction of sp³-hybridized carbons (Fsp3) is 0.200. The molecule has 2 aromatic rings. The van der Waals surface area contributed by atoms with Gasteiger partial charge in [0, 0.05) is 10.6 Å². The van der Waals surface area contributed by atoms with Crippen molar-refractivity contribution in [2.45, 2.75) is 19.2 Å². The van der Waals surface area contributed by atoms with Crippen LogP contribution >= 0.6 is 11.6 Å². The van der Waals surface area contributed by atoms with Gasteiger partial charge in [-0.2, -0.15) is 13.2 Å². The first-order valence-corrected chi connectivity index (χ1v) is 6.38. The molecule has 0 fully saturated rings. The van der Waals surface area contributed by atoms with E-state index in [2.05, 4.69) is 0 Å². The van der Waals surface area contributed by atoms with E-state index in [1.54, 1.807) is 25.1 Å².